The smallest absolute Gasteiger partial charge is 0.336 e. The van der Waals surface area contributed by atoms with E-state index in [1.165, 1.54) is 6.07 Å². The third-order valence-corrected chi connectivity index (χ3v) is 3.23. The molecule has 0 amide bonds. The van der Waals surface area contributed by atoms with Crippen LogP contribution in [0.3, 0.4) is 0 Å². The van der Waals surface area contributed by atoms with Crippen molar-refractivity contribution in [1.82, 2.24) is 0 Å². The Kier molecular flexibility index (Phi) is 3.48. The van der Waals surface area contributed by atoms with Gasteiger partial charge in [-0.1, -0.05) is 54.6 Å². The monoisotopic (exact) mass is 276 g/mol. The fourth-order valence-corrected chi connectivity index (χ4v) is 2.31. The molecular formula is C18H12O3. The van der Waals surface area contributed by atoms with Crippen LogP contribution in [0.2, 0.25) is 0 Å². The third kappa shape index (κ3) is 2.67. The van der Waals surface area contributed by atoms with Crippen molar-refractivity contribution in [2.24, 2.45) is 0 Å². The molecule has 0 aliphatic carbocycles. The van der Waals surface area contributed by atoms with Crippen LogP contribution in [0.4, 0.5) is 0 Å². The number of carbonyl (C=O) groups is 1. The van der Waals surface area contributed by atoms with Crippen molar-refractivity contribution in [1.29, 1.82) is 0 Å². The van der Waals surface area contributed by atoms with E-state index in [1.807, 2.05) is 54.6 Å². The van der Waals surface area contributed by atoms with Crippen LogP contribution in [0.15, 0.2) is 75.9 Å². The Balaban J connectivity index is 2.22. The molecule has 0 spiro atoms. The zero-order valence-electron chi connectivity index (χ0n) is 11.2. The summed E-state index contributed by atoms with van der Waals surface area (Å²) in [5.41, 5.74) is 3.08. The first-order valence-corrected chi connectivity index (χ1v) is 6.53. The quantitative estimate of drug-likeness (QED) is 0.684. The number of aldehydes is 1. The largest absolute Gasteiger partial charge is 0.420 e. The summed E-state index contributed by atoms with van der Waals surface area (Å²) in [7, 11) is 0. The zero-order chi connectivity index (χ0) is 14.7. The maximum Gasteiger partial charge on any atom is 0.336 e. The van der Waals surface area contributed by atoms with Crippen LogP contribution in [-0.2, 0) is 0 Å². The molecule has 0 saturated heterocycles. The summed E-state index contributed by atoms with van der Waals surface area (Å²) < 4.78 is 4.81. The van der Waals surface area contributed by atoms with Gasteiger partial charge in [0.1, 0.15) is 0 Å². The van der Waals surface area contributed by atoms with Crippen LogP contribution in [0.25, 0.3) is 22.3 Å². The average molecular weight is 276 g/mol. The molecule has 1 aromatic heterocycles. The van der Waals surface area contributed by atoms with Gasteiger partial charge in [-0.05, 0) is 28.3 Å². The minimum Gasteiger partial charge on any atom is -0.420 e. The fraction of sp³-hybridized carbons (Fsp3) is 0. The summed E-state index contributed by atoms with van der Waals surface area (Å²) in [5, 5.41) is 0. The molecule has 21 heavy (non-hydrogen) atoms. The van der Waals surface area contributed by atoms with Crippen LogP contribution >= 0.6 is 0 Å². The first-order chi connectivity index (χ1) is 10.3. The molecule has 0 aliphatic heterocycles. The summed E-state index contributed by atoms with van der Waals surface area (Å²) in [6.45, 7) is 0. The van der Waals surface area contributed by atoms with Gasteiger partial charge < -0.3 is 4.42 Å². The van der Waals surface area contributed by atoms with Crippen LogP contribution in [0.1, 0.15) is 10.6 Å². The Morgan fingerprint density at radius 1 is 0.762 bits per heavy atom. The number of hydrogen-bond acceptors (Lipinski definition) is 3. The summed E-state index contributed by atoms with van der Waals surface area (Å²) in [6, 6.07) is 20.6. The summed E-state index contributed by atoms with van der Waals surface area (Å²) in [5.74, 6) is 0.0281. The maximum atomic E-state index is 11.6. The molecule has 102 valence electrons. The van der Waals surface area contributed by atoms with E-state index in [1.54, 1.807) is 6.07 Å². The van der Waals surface area contributed by atoms with E-state index in [2.05, 4.69) is 0 Å². The molecule has 0 aliphatic rings. The van der Waals surface area contributed by atoms with Crippen molar-refractivity contribution in [2.75, 3.05) is 0 Å². The highest BCUT2D eigenvalue weighted by Gasteiger charge is 2.09. The Labute approximate surface area is 121 Å². The number of hydrogen-bond donors (Lipinski definition) is 0. The van der Waals surface area contributed by atoms with Gasteiger partial charge in [-0.15, -0.1) is 0 Å². The van der Waals surface area contributed by atoms with Crippen LogP contribution < -0.4 is 5.63 Å². The van der Waals surface area contributed by atoms with E-state index < -0.39 is 5.63 Å². The van der Waals surface area contributed by atoms with Gasteiger partial charge >= 0.3 is 5.63 Å². The van der Waals surface area contributed by atoms with Crippen molar-refractivity contribution < 1.29 is 9.21 Å². The molecule has 0 fully saturated rings. The SMILES string of the molecule is O=Cc1cc(-c2ccccc2-c2ccccc2)cc(=O)o1. The molecule has 0 radical (unpaired) electrons. The van der Waals surface area contributed by atoms with Crippen molar-refractivity contribution in [3.8, 4) is 22.3 Å². The lowest BCUT2D eigenvalue weighted by Crippen LogP contribution is -2.00. The van der Waals surface area contributed by atoms with Gasteiger partial charge in [-0.25, -0.2) is 4.79 Å². The Bertz CT molecular complexity index is 832. The molecule has 2 aromatic carbocycles. The second-order valence-electron chi connectivity index (χ2n) is 4.60. The van der Waals surface area contributed by atoms with E-state index in [0.29, 0.717) is 11.8 Å². The Morgan fingerprint density at radius 2 is 1.38 bits per heavy atom. The minimum absolute atomic E-state index is 0.0281. The van der Waals surface area contributed by atoms with Crippen molar-refractivity contribution in [3.63, 3.8) is 0 Å². The van der Waals surface area contributed by atoms with Crippen molar-refractivity contribution >= 4 is 6.29 Å². The molecule has 0 unspecified atom stereocenters. The number of carbonyl (C=O) groups excluding carboxylic acids is 1. The molecule has 0 bridgehead atoms. The highest BCUT2D eigenvalue weighted by atomic mass is 16.4. The lowest BCUT2D eigenvalue weighted by atomic mass is 9.95. The van der Waals surface area contributed by atoms with Crippen molar-refractivity contribution in [2.45, 2.75) is 0 Å². The van der Waals surface area contributed by atoms with Crippen LogP contribution in [-0.4, -0.2) is 6.29 Å². The van der Waals surface area contributed by atoms with Gasteiger partial charge in [-0.2, -0.15) is 0 Å². The minimum atomic E-state index is -0.530. The molecule has 3 rings (SSSR count). The summed E-state index contributed by atoms with van der Waals surface area (Å²) >= 11 is 0. The maximum absolute atomic E-state index is 11.6. The van der Waals surface area contributed by atoms with Crippen molar-refractivity contribution in [3.05, 3.63) is 82.9 Å². The highest BCUT2D eigenvalue weighted by Crippen LogP contribution is 2.31. The molecule has 0 saturated carbocycles. The van der Waals surface area contributed by atoms with Gasteiger partial charge in [0.25, 0.3) is 0 Å². The summed E-state index contributed by atoms with van der Waals surface area (Å²) in [4.78, 5) is 22.4. The molecule has 1 heterocycles. The normalized spacial score (nSPS) is 10.3. The van der Waals surface area contributed by atoms with E-state index in [4.69, 9.17) is 4.42 Å². The van der Waals surface area contributed by atoms with Gasteiger partial charge in [0.2, 0.25) is 0 Å². The molecule has 0 N–H and O–H groups in total. The van der Waals surface area contributed by atoms with Gasteiger partial charge in [0, 0.05) is 6.07 Å². The lowest BCUT2D eigenvalue weighted by molar-refractivity contribution is 0.109. The molecular weight excluding hydrogens is 264 g/mol. The third-order valence-electron chi connectivity index (χ3n) is 3.23. The zero-order valence-corrected chi connectivity index (χ0v) is 11.2. The van der Waals surface area contributed by atoms with Gasteiger partial charge in [0.05, 0.1) is 0 Å². The van der Waals surface area contributed by atoms with E-state index >= 15 is 0 Å². The average Bonchev–Trinajstić information content (AvgIpc) is 2.55. The van der Waals surface area contributed by atoms with E-state index in [9.17, 15) is 9.59 Å². The van der Waals surface area contributed by atoms with Gasteiger partial charge in [-0.3, -0.25) is 4.79 Å². The first-order valence-electron chi connectivity index (χ1n) is 6.53. The van der Waals surface area contributed by atoms with Crippen LogP contribution in [0.5, 0.6) is 0 Å². The first kappa shape index (κ1) is 13.1. The number of rotatable bonds is 3. The molecule has 0 atom stereocenters. The lowest BCUT2D eigenvalue weighted by Gasteiger charge is -2.09. The second-order valence-corrected chi connectivity index (χ2v) is 4.60. The fourth-order valence-electron chi connectivity index (χ4n) is 2.31. The topological polar surface area (TPSA) is 47.3 Å². The molecule has 3 heteroatoms. The molecule has 3 nitrogen and oxygen atoms in total. The second kappa shape index (κ2) is 5.59. The van der Waals surface area contributed by atoms with E-state index in [0.717, 1.165) is 16.7 Å². The van der Waals surface area contributed by atoms with Gasteiger partial charge in [0.15, 0.2) is 12.0 Å². The summed E-state index contributed by atoms with van der Waals surface area (Å²) in [6.07, 6.45) is 0.538. The van der Waals surface area contributed by atoms with Crippen LogP contribution in [0, 0.1) is 0 Å². The number of benzene rings is 2. The Hall–Kier alpha value is -2.94. The standard InChI is InChI=1S/C18H12O3/c19-12-15-10-14(11-18(20)21-15)17-9-5-4-8-16(17)13-6-2-1-3-7-13/h1-12H. The highest BCUT2D eigenvalue weighted by molar-refractivity contribution is 5.84. The Morgan fingerprint density at radius 3 is 2.05 bits per heavy atom. The molecule has 3 aromatic rings. The predicted octanol–water partition coefficient (Wildman–Crippen LogP) is 3.79. The predicted molar refractivity (Wildman–Crippen MR) is 81.2 cm³/mol. The van der Waals surface area contributed by atoms with E-state index in [-0.39, 0.29) is 5.76 Å².